The molecule has 1 amide bonds. The van der Waals surface area contributed by atoms with Gasteiger partial charge in [-0.05, 0) is 17.0 Å². The van der Waals surface area contributed by atoms with Crippen LogP contribution in [0.3, 0.4) is 0 Å². The molecule has 3 heteroatoms. The van der Waals surface area contributed by atoms with Crippen LogP contribution in [0.4, 0.5) is 0 Å². The third kappa shape index (κ3) is 4.43. The summed E-state index contributed by atoms with van der Waals surface area (Å²) in [7, 11) is 0. The minimum absolute atomic E-state index is 0.00251. The van der Waals surface area contributed by atoms with Gasteiger partial charge in [-0.25, -0.2) is 0 Å². The van der Waals surface area contributed by atoms with Gasteiger partial charge in [-0.15, -0.1) is 0 Å². The fourth-order valence-corrected chi connectivity index (χ4v) is 2.32. The molecule has 0 saturated heterocycles. The molecule has 2 aromatic carbocycles. The second-order valence-corrected chi connectivity index (χ2v) is 5.94. The normalized spacial score (nSPS) is 12.2. The van der Waals surface area contributed by atoms with Crippen molar-refractivity contribution in [3.63, 3.8) is 0 Å². The lowest BCUT2D eigenvalue weighted by Gasteiger charge is -2.27. The molecule has 0 bridgehead atoms. The molecular formula is C19H24N2O. The van der Waals surface area contributed by atoms with Crippen molar-refractivity contribution >= 4 is 5.91 Å². The van der Waals surface area contributed by atoms with E-state index in [1.165, 1.54) is 0 Å². The third-order valence-electron chi connectivity index (χ3n) is 3.75. The van der Waals surface area contributed by atoms with Gasteiger partial charge in [0.25, 0.3) is 0 Å². The van der Waals surface area contributed by atoms with E-state index < -0.39 is 6.04 Å². The lowest BCUT2D eigenvalue weighted by atomic mass is 10.0. The zero-order chi connectivity index (χ0) is 15.9. The lowest BCUT2D eigenvalue weighted by molar-refractivity contribution is -0.134. The largest absolute Gasteiger partial charge is 0.333 e. The lowest BCUT2D eigenvalue weighted by Crippen LogP contribution is -2.45. The van der Waals surface area contributed by atoms with Crippen molar-refractivity contribution in [3.05, 3.63) is 71.8 Å². The maximum atomic E-state index is 12.7. The first kappa shape index (κ1) is 16.2. The summed E-state index contributed by atoms with van der Waals surface area (Å²) < 4.78 is 0. The Hall–Kier alpha value is -2.13. The van der Waals surface area contributed by atoms with Crippen LogP contribution in [0.5, 0.6) is 0 Å². The van der Waals surface area contributed by atoms with Crippen LogP contribution >= 0.6 is 0 Å². The summed E-state index contributed by atoms with van der Waals surface area (Å²) >= 11 is 0. The Bertz CT molecular complexity index is 539. The summed E-state index contributed by atoms with van der Waals surface area (Å²) in [6, 6.07) is 19.6. The molecule has 2 N–H and O–H groups in total. The Morgan fingerprint density at radius 3 is 1.68 bits per heavy atom. The van der Waals surface area contributed by atoms with Crippen LogP contribution < -0.4 is 5.73 Å². The zero-order valence-electron chi connectivity index (χ0n) is 13.3. The van der Waals surface area contributed by atoms with Gasteiger partial charge in [0, 0.05) is 13.1 Å². The summed E-state index contributed by atoms with van der Waals surface area (Å²) in [5.41, 5.74) is 8.30. The number of nitrogens with zero attached hydrogens (tertiary/aromatic N) is 1. The highest BCUT2D eigenvalue weighted by Gasteiger charge is 2.23. The Kier molecular flexibility index (Phi) is 5.73. The molecule has 0 fully saturated rings. The molecule has 0 unspecified atom stereocenters. The number of hydrogen-bond donors (Lipinski definition) is 1. The SMILES string of the molecule is CC(C)[C@H](N)C(=O)N(Cc1ccccc1)Cc1ccccc1. The van der Waals surface area contributed by atoms with Gasteiger partial charge in [-0.1, -0.05) is 74.5 Å². The van der Waals surface area contributed by atoms with E-state index in [2.05, 4.69) is 0 Å². The van der Waals surface area contributed by atoms with Crippen LogP contribution in [0.2, 0.25) is 0 Å². The molecule has 116 valence electrons. The predicted octanol–water partition coefficient (Wildman–Crippen LogP) is 3.20. The summed E-state index contributed by atoms with van der Waals surface area (Å²) in [5, 5.41) is 0. The summed E-state index contributed by atoms with van der Waals surface area (Å²) in [5.74, 6) is 0.129. The minimum atomic E-state index is -0.465. The Morgan fingerprint density at radius 2 is 1.32 bits per heavy atom. The van der Waals surface area contributed by atoms with Gasteiger partial charge in [0.15, 0.2) is 0 Å². The Balaban J connectivity index is 2.18. The van der Waals surface area contributed by atoms with Crippen molar-refractivity contribution in [2.45, 2.75) is 33.0 Å². The topological polar surface area (TPSA) is 46.3 Å². The van der Waals surface area contributed by atoms with Crippen molar-refractivity contribution in [1.29, 1.82) is 0 Å². The molecule has 0 spiro atoms. The van der Waals surface area contributed by atoms with Gasteiger partial charge in [0.05, 0.1) is 6.04 Å². The van der Waals surface area contributed by atoms with Crippen molar-refractivity contribution in [2.75, 3.05) is 0 Å². The number of benzene rings is 2. The van der Waals surface area contributed by atoms with Gasteiger partial charge in [-0.3, -0.25) is 4.79 Å². The molecular weight excluding hydrogens is 272 g/mol. The van der Waals surface area contributed by atoms with Crippen molar-refractivity contribution in [1.82, 2.24) is 4.90 Å². The molecule has 2 rings (SSSR count). The monoisotopic (exact) mass is 296 g/mol. The van der Waals surface area contributed by atoms with E-state index in [-0.39, 0.29) is 11.8 Å². The van der Waals surface area contributed by atoms with E-state index in [1.54, 1.807) is 0 Å². The highest BCUT2D eigenvalue weighted by atomic mass is 16.2. The highest BCUT2D eigenvalue weighted by molar-refractivity contribution is 5.81. The number of carbonyl (C=O) groups excluding carboxylic acids is 1. The summed E-state index contributed by atoms with van der Waals surface area (Å²) in [6.45, 7) is 5.11. The minimum Gasteiger partial charge on any atom is -0.333 e. The molecule has 1 atom stereocenters. The average molecular weight is 296 g/mol. The number of hydrogen-bond acceptors (Lipinski definition) is 2. The average Bonchev–Trinajstić information content (AvgIpc) is 2.54. The zero-order valence-corrected chi connectivity index (χ0v) is 13.3. The van der Waals surface area contributed by atoms with Crippen LogP contribution in [0.1, 0.15) is 25.0 Å². The van der Waals surface area contributed by atoms with Crippen molar-refractivity contribution in [3.8, 4) is 0 Å². The highest BCUT2D eigenvalue weighted by Crippen LogP contribution is 2.13. The standard InChI is InChI=1S/C19H24N2O/c1-15(2)18(20)19(22)21(13-16-9-5-3-6-10-16)14-17-11-7-4-8-12-17/h3-12,15,18H,13-14,20H2,1-2H3/t18-/m0/s1. The van der Waals surface area contributed by atoms with Gasteiger partial charge in [0.2, 0.25) is 5.91 Å². The van der Waals surface area contributed by atoms with Gasteiger partial charge in [-0.2, -0.15) is 0 Å². The van der Waals surface area contributed by atoms with E-state index in [0.717, 1.165) is 11.1 Å². The van der Waals surface area contributed by atoms with E-state index in [4.69, 9.17) is 5.73 Å². The van der Waals surface area contributed by atoms with Crippen LogP contribution in [-0.2, 0) is 17.9 Å². The van der Waals surface area contributed by atoms with Crippen LogP contribution in [0, 0.1) is 5.92 Å². The van der Waals surface area contributed by atoms with Crippen molar-refractivity contribution < 1.29 is 4.79 Å². The molecule has 2 aromatic rings. The van der Waals surface area contributed by atoms with Crippen LogP contribution in [0.15, 0.2) is 60.7 Å². The number of nitrogens with two attached hydrogens (primary N) is 1. The number of amides is 1. The molecule has 22 heavy (non-hydrogen) atoms. The van der Waals surface area contributed by atoms with E-state index in [9.17, 15) is 4.79 Å². The molecule has 0 aliphatic heterocycles. The van der Waals surface area contributed by atoms with Crippen LogP contribution in [0.25, 0.3) is 0 Å². The maximum Gasteiger partial charge on any atom is 0.240 e. The first-order chi connectivity index (χ1) is 10.6. The molecule has 3 nitrogen and oxygen atoms in total. The molecule has 0 aromatic heterocycles. The second-order valence-electron chi connectivity index (χ2n) is 5.94. The van der Waals surface area contributed by atoms with Crippen molar-refractivity contribution in [2.24, 2.45) is 11.7 Å². The van der Waals surface area contributed by atoms with E-state index in [0.29, 0.717) is 13.1 Å². The van der Waals surface area contributed by atoms with Gasteiger partial charge in [0.1, 0.15) is 0 Å². The molecule has 0 saturated carbocycles. The summed E-state index contributed by atoms with van der Waals surface area (Å²) in [4.78, 5) is 14.5. The first-order valence-corrected chi connectivity index (χ1v) is 7.70. The molecule has 0 aliphatic carbocycles. The second kappa shape index (κ2) is 7.76. The molecule has 0 aliphatic rings. The number of carbonyl (C=O) groups is 1. The van der Waals surface area contributed by atoms with Crippen LogP contribution in [-0.4, -0.2) is 16.8 Å². The Labute approximate surface area is 132 Å². The summed E-state index contributed by atoms with van der Waals surface area (Å²) in [6.07, 6.45) is 0. The van der Waals surface area contributed by atoms with Gasteiger partial charge < -0.3 is 10.6 Å². The fourth-order valence-electron chi connectivity index (χ4n) is 2.32. The predicted molar refractivity (Wildman–Crippen MR) is 90.0 cm³/mol. The molecule has 0 heterocycles. The van der Waals surface area contributed by atoms with E-state index in [1.807, 2.05) is 79.4 Å². The van der Waals surface area contributed by atoms with E-state index >= 15 is 0 Å². The third-order valence-corrected chi connectivity index (χ3v) is 3.75. The smallest absolute Gasteiger partial charge is 0.240 e. The molecule has 0 radical (unpaired) electrons. The first-order valence-electron chi connectivity index (χ1n) is 7.70. The Morgan fingerprint density at radius 1 is 0.909 bits per heavy atom. The maximum absolute atomic E-state index is 12.7. The van der Waals surface area contributed by atoms with Gasteiger partial charge >= 0.3 is 0 Å². The number of rotatable bonds is 6. The quantitative estimate of drug-likeness (QED) is 0.890. The fraction of sp³-hybridized carbons (Fsp3) is 0.316.